The summed E-state index contributed by atoms with van der Waals surface area (Å²) in [6.07, 6.45) is 4.38. The van der Waals surface area contributed by atoms with Crippen LogP contribution in [0.15, 0.2) is 48.7 Å². The van der Waals surface area contributed by atoms with Crippen molar-refractivity contribution >= 4 is 5.91 Å². The van der Waals surface area contributed by atoms with Gasteiger partial charge in [-0.15, -0.1) is 0 Å². The summed E-state index contributed by atoms with van der Waals surface area (Å²) in [5, 5.41) is 8.74. The Balaban J connectivity index is 0.000000159. The Kier molecular flexibility index (Phi) is 6.79. The Bertz CT molecular complexity index is 715. The summed E-state index contributed by atoms with van der Waals surface area (Å²) in [7, 11) is 0. The number of amides is 1. The predicted molar refractivity (Wildman–Crippen MR) is 101 cm³/mol. The van der Waals surface area contributed by atoms with E-state index in [4.69, 9.17) is 20.3 Å². The first-order chi connectivity index (χ1) is 13.2. The van der Waals surface area contributed by atoms with Crippen molar-refractivity contribution < 1.29 is 19.4 Å². The maximum atomic E-state index is 10.8. The highest BCUT2D eigenvalue weighted by atomic mass is 16.5. The van der Waals surface area contributed by atoms with Crippen molar-refractivity contribution in [2.75, 3.05) is 19.8 Å². The fourth-order valence-corrected chi connectivity index (χ4v) is 3.11. The number of nitrogens with two attached hydrogens (primary N) is 1. The summed E-state index contributed by atoms with van der Waals surface area (Å²) < 4.78 is 10.8. The summed E-state index contributed by atoms with van der Waals surface area (Å²) in [6, 6.07) is 13.8. The average molecular weight is 370 g/mol. The average Bonchev–Trinajstić information content (AvgIpc) is 3.35. The van der Waals surface area contributed by atoms with Crippen LogP contribution in [-0.4, -0.2) is 41.9 Å². The highest BCUT2D eigenvalue weighted by Crippen LogP contribution is 2.46. The maximum absolute atomic E-state index is 10.8. The zero-order valence-electron chi connectivity index (χ0n) is 15.3. The minimum atomic E-state index is -0.163. The molecule has 3 N–H and O–H groups in total. The molecular weight excluding hydrogens is 344 g/mol. The Morgan fingerprint density at radius 2 is 2.07 bits per heavy atom. The van der Waals surface area contributed by atoms with Crippen molar-refractivity contribution in [1.29, 1.82) is 0 Å². The number of hydrogen-bond donors (Lipinski definition) is 2. The number of aromatic nitrogens is 1. The summed E-state index contributed by atoms with van der Waals surface area (Å²) >= 11 is 0. The molecule has 2 heterocycles. The largest absolute Gasteiger partial charge is 0.472 e. The molecular formula is C21H26N2O4. The first kappa shape index (κ1) is 19.3. The first-order valence-electron chi connectivity index (χ1n) is 9.32. The third-order valence-corrected chi connectivity index (χ3v) is 4.76. The van der Waals surface area contributed by atoms with Crippen LogP contribution in [0.1, 0.15) is 29.9 Å². The number of carbonyl (C=O) groups excluding carboxylic acids is 1. The molecule has 0 bridgehead atoms. The van der Waals surface area contributed by atoms with Crippen LogP contribution in [0.2, 0.25) is 0 Å². The number of pyridine rings is 1. The van der Waals surface area contributed by atoms with Crippen LogP contribution in [0.3, 0.4) is 0 Å². The molecule has 1 aliphatic carbocycles. The summed E-state index contributed by atoms with van der Waals surface area (Å²) in [5.41, 5.74) is 7.44. The van der Waals surface area contributed by atoms with Crippen molar-refractivity contribution in [1.82, 2.24) is 4.98 Å². The zero-order valence-corrected chi connectivity index (χ0v) is 15.3. The molecule has 0 radical (unpaired) electrons. The van der Waals surface area contributed by atoms with Gasteiger partial charge in [-0.3, -0.25) is 4.79 Å². The minimum absolute atomic E-state index is 0.0902. The topological polar surface area (TPSA) is 94.7 Å². The van der Waals surface area contributed by atoms with Gasteiger partial charge in [-0.2, -0.15) is 0 Å². The van der Waals surface area contributed by atoms with Crippen LogP contribution in [0.5, 0.6) is 5.88 Å². The smallest absolute Gasteiger partial charge is 0.221 e. The van der Waals surface area contributed by atoms with Crippen LogP contribution >= 0.6 is 0 Å². The molecule has 6 heteroatoms. The molecule has 0 spiro atoms. The Hall–Kier alpha value is -2.44. The van der Waals surface area contributed by atoms with Crippen molar-refractivity contribution in [3.63, 3.8) is 0 Å². The monoisotopic (exact) mass is 370 g/mol. The molecule has 1 aliphatic heterocycles. The molecule has 1 amide bonds. The summed E-state index contributed by atoms with van der Waals surface area (Å²) in [6.45, 7) is 1.58. The van der Waals surface area contributed by atoms with E-state index in [0.717, 1.165) is 25.0 Å². The molecule has 2 aromatic rings. The second kappa shape index (κ2) is 9.48. The van der Waals surface area contributed by atoms with Gasteiger partial charge in [0.25, 0.3) is 0 Å². The normalized spacial score (nSPS) is 23.2. The van der Waals surface area contributed by atoms with Gasteiger partial charge in [0, 0.05) is 31.2 Å². The van der Waals surface area contributed by atoms with E-state index in [1.54, 1.807) is 6.20 Å². The van der Waals surface area contributed by atoms with E-state index in [-0.39, 0.29) is 24.5 Å². The fraction of sp³-hybridized carbons (Fsp3) is 0.429. The lowest BCUT2D eigenvalue weighted by Gasteiger charge is -2.10. The van der Waals surface area contributed by atoms with Crippen molar-refractivity contribution in [3.05, 3.63) is 59.8 Å². The zero-order chi connectivity index (χ0) is 19.1. The SMILES string of the molecule is NC(=O)[C@H]1C[C@@H]1c1ccccc1.OCCc1ccc(O[C@@H]2CCOC2)nc1. The maximum Gasteiger partial charge on any atom is 0.221 e. The van der Waals surface area contributed by atoms with Gasteiger partial charge in [-0.25, -0.2) is 4.98 Å². The number of aliphatic hydroxyl groups is 1. The van der Waals surface area contributed by atoms with Gasteiger partial charge in [0.15, 0.2) is 0 Å². The van der Waals surface area contributed by atoms with Crippen molar-refractivity contribution in [2.45, 2.75) is 31.3 Å². The molecule has 2 fully saturated rings. The Labute approximate surface area is 159 Å². The Morgan fingerprint density at radius 1 is 1.26 bits per heavy atom. The fourth-order valence-electron chi connectivity index (χ4n) is 3.11. The van der Waals surface area contributed by atoms with Crippen LogP contribution in [-0.2, 0) is 16.0 Å². The lowest BCUT2D eigenvalue weighted by molar-refractivity contribution is -0.119. The first-order valence-corrected chi connectivity index (χ1v) is 9.32. The third kappa shape index (κ3) is 5.77. The van der Waals surface area contributed by atoms with Gasteiger partial charge in [-0.05, 0) is 29.9 Å². The highest BCUT2D eigenvalue weighted by molar-refractivity contribution is 5.81. The Morgan fingerprint density at radius 3 is 2.63 bits per heavy atom. The van der Waals surface area contributed by atoms with Crippen LogP contribution in [0.4, 0.5) is 0 Å². The van der Waals surface area contributed by atoms with E-state index in [1.165, 1.54) is 5.56 Å². The number of nitrogens with zero attached hydrogens (tertiary/aromatic N) is 1. The van der Waals surface area contributed by atoms with Crippen molar-refractivity contribution in [3.8, 4) is 5.88 Å². The number of aliphatic hydroxyl groups excluding tert-OH is 1. The van der Waals surface area contributed by atoms with E-state index >= 15 is 0 Å². The molecule has 1 aromatic heterocycles. The molecule has 0 unspecified atom stereocenters. The van der Waals surface area contributed by atoms with Gasteiger partial charge in [0.05, 0.1) is 13.2 Å². The van der Waals surface area contributed by atoms with Crippen LogP contribution in [0.25, 0.3) is 0 Å². The number of rotatable bonds is 6. The molecule has 2 aliphatic rings. The van der Waals surface area contributed by atoms with Gasteiger partial charge in [-0.1, -0.05) is 36.4 Å². The molecule has 1 saturated carbocycles. The van der Waals surface area contributed by atoms with E-state index in [1.807, 2.05) is 42.5 Å². The number of primary amides is 1. The van der Waals surface area contributed by atoms with Crippen LogP contribution < -0.4 is 10.5 Å². The standard InChI is InChI=1S/C11H15NO3.C10H11NO/c13-5-3-9-1-2-11(12-7-9)15-10-4-6-14-8-10;11-10(12)9-6-8(9)7-4-2-1-3-5-7/h1-2,7,10,13H,3-6,8H2;1-5,8-9H,6H2,(H2,11,12)/t10-;8-,9+/m11/s1. The van der Waals surface area contributed by atoms with E-state index in [2.05, 4.69) is 4.98 Å². The quantitative estimate of drug-likeness (QED) is 0.812. The second-order valence-electron chi connectivity index (χ2n) is 6.84. The van der Waals surface area contributed by atoms with Gasteiger partial charge >= 0.3 is 0 Å². The van der Waals surface area contributed by atoms with Crippen LogP contribution in [0, 0.1) is 5.92 Å². The van der Waals surface area contributed by atoms with Crippen molar-refractivity contribution in [2.24, 2.45) is 11.7 Å². The second-order valence-corrected chi connectivity index (χ2v) is 6.84. The summed E-state index contributed by atoms with van der Waals surface area (Å²) in [4.78, 5) is 14.9. The third-order valence-electron chi connectivity index (χ3n) is 4.76. The lowest BCUT2D eigenvalue weighted by atomic mass is 10.1. The number of hydrogen-bond acceptors (Lipinski definition) is 5. The van der Waals surface area contributed by atoms with E-state index in [0.29, 0.717) is 24.8 Å². The lowest BCUT2D eigenvalue weighted by Crippen LogP contribution is -2.16. The van der Waals surface area contributed by atoms with Gasteiger partial charge < -0.3 is 20.3 Å². The molecule has 3 atom stereocenters. The summed E-state index contributed by atoms with van der Waals surface area (Å²) in [5.74, 6) is 0.951. The molecule has 27 heavy (non-hydrogen) atoms. The predicted octanol–water partition coefficient (Wildman–Crippen LogP) is 2.06. The molecule has 144 valence electrons. The number of benzene rings is 1. The number of ether oxygens (including phenoxy) is 2. The number of carbonyl (C=O) groups is 1. The van der Waals surface area contributed by atoms with Gasteiger partial charge in [0.1, 0.15) is 6.10 Å². The molecule has 1 saturated heterocycles. The highest BCUT2D eigenvalue weighted by Gasteiger charge is 2.42. The van der Waals surface area contributed by atoms with Gasteiger partial charge in [0.2, 0.25) is 11.8 Å². The van der Waals surface area contributed by atoms with E-state index in [9.17, 15) is 4.79 Å². The van der Waals surface area contributed by atoms with E-state index < -0.39 is 0 Å². The minimum Gasteiger partial charge on any atom is -0.472 e. The molecule has 4 rings (SSSR count). The molecule has 6 nitrogen and oxygen atoms in total. The molecule has 1 aromatic carbocycles.